The molecule has 1 amide bonds. The van der Waals surface area contributed by atoms with Crippen LogP contribution in [-0.2, 0) is 20.2 Å². The van der Waals surface area contributed by atoms with Crippen LogP contribution in [0.2, 0.25) is 0 Å². The van der Waals surface area contributed by atoms with E-state index >= 15 is 0 Å². The number of nitro groups is 1. The first-order valence-electron chi connectivity index (χ1n) is 11.2. The van der Waals surface area contributed by atoms with E-state index in [4.69, 9.17) is 0 Å². The smallest absolute Gasteiger partial charge is 0.269 e. The molecule has 0 radical (unpaired) electrons. The lowest BCUT2D eigenvalue weighted by Crippen LogP contribution is -2.67. The number of β-lactam (4-membered cyclic amide) rings is 1. The number of benzene rings is 4. The van der Waals surface area contributed by atoms with E-state index in [1.807, 2.05) is 79.7 Å². The van der Waals surface area contributed by atoms with E-state index < -0.39 is 32.3 Å². The fourth-order valence-corrected chi connectivity index (χ4v) is 6.77. The Morgan fingerprint density at radius 2 is 1.51 bits per heavy atom. The Hall–Kier alpha value is -4.04. The molecule has 4 aromatic carbocycles. The van der Waals surface area contributed by atoms with Gasteiger partial charge in [0, 0.05) is 12.1 Å². The van der Waals surface area contributed by atoms with Crippen LogP contribution in [0.25, 0.3) is 10.8 Å². The van der Waals surface area contributed by atoms with Crippen LogP contribution in [-0.4, -0.2) is 23.6 Å². The summed E-state index contributed by atoms with van der Waals surface area (Å²) < 4.78 is 28.5. The number of non-ortho nitro benzene ring substituents is 1. The predicted molar refractivity (Wildman–Crippen MR) is 132 cm³/mol. The first-order valence-corrected chi connectivity index (χ1v) is 12.6. The van der Waals surface area contributed by atoms with Crippen LogP contribution in [0.3, 0.4) is 0 Å². The van der Waals surface area contributed by atoms with Gasteiger partial charge in [-0.3, -0.25) is 14.9 Å². The van der Waals surface area contributed by atoms with Gasteiger partial charge in [0.25, 0.3) is 15.7 Å². The highest BCUT2D eigenvalue weighted by atomic mass is 32.2. The maximum Gasteiger partial charge on any atom is 0.269 e. The molecule has 35 heavy (non-hydrogen) atoms. The Morgan fingerprint density at radius 1 is 0.886 bits per heavy atom. The van der Waals surface area contributed by atoms with E-state index in [1.165, 1.54) is 12.1 Å². The number of hydrogen-bond donors (Lipinski definition) is 0. The summed E-state index contributed by atoms with van der Waals surface area (Å²) in [4.78, 5) is 24.2. The van der Waals surface area contributed by atoms with Crippen LogP contribution in [0.15, 0.2) is 102 Å². The quantitative estimate of drug-likeness (QED) is 0.207. The van der Waals surface area contributed by atoms with Crippen molar-refractivity contribution in [1.82, 2.24) is 4.31 Å². The molecule has 0 saturated carbocycles. The lowest BCUT2D eigenvalue weighted by atomic mass is 9.63. The molecule has 1 aliphatic heterocycles. The molecule has 1 heterocycles. The number of nitro benzene ring substituents is 1. The third kappa shape index (κ3) is 3.32. The van der Waals surface area contributed by atoms with Crippen molar-refractivity contribution in [3.63, 3.8) is 0 Å². The van der Waals surface area contributed by atoms with Gasteiger partial charge in [0.2, 0.25) is 5.91 Å². The Morgan fingerprint density at radius 3 is 2.17 bits per heavy atom. The summed E-state index contributed by atoms with van der Waals surface area (Å²) in [7, 11) is -4.29. The maximum atomic E-state index is 13.9. The number of rotatable bonds is 6. The molecule has 0 unspecified atom stereocenters. The average molecular weight is 487 g/mol. The predicted octanol–water partition coefficient (Wildman–Crippen LogP) is 5.37. The van der Waals surface area contributed by atoms with Crippen molar-refractivity contribution in [3.8, 4) is 0 Å². The van der Waals surface area contributed by atoms with Crippen LogP contribution in [0.4, 0.5) is 5.69 Å². The highest BCUT2D eigenvalue weighted by molar-refractivity contribution is 7.89. The standard InChI is InChI=1S/C27H22N2O5S/c1-2-27(20-11-4-3-5-12-20)25(24-14-8-10-19-9-6-7-13-23(19)24)28(26(27)30)35(33,34)22-17-15-21(16-18-22)29(31)32/h3-18,25H,2H2,1H3/t25-,27+/m1/s1. The van der Waals surface area contributed by atoms with E-state index in [9.17, 15) is 23.3 Å². The maximum absolute atomic E-state index is 13.9. The molecule has 8 heteroatoms. The lowest BCUT2D eigenvalue weighted by Gasteiger charge is -2.55. The Labute approximate surface area is 202 Å². The monoisotopic (exact) mass is 486 g/mol. The van der Waals surface area contributed by atoms with Crippen LogP contribution in [0, 0.1) is 10.1 Å². The van der Waals surface area contributed by atoms with Crippen molar-refractivity contribution in [3.05, 3.63) is 118 Å². The average Bonchev–Trinajstić information content (AvgIpc) is 2.88. The van der Waals surface area contributed by atoms with Crippen LogP contribution in [0.1, 0.15) is 30.5 Å². The van der Waals surface area contributed by atoms with E-state index in [1.54, 1.807) is 0 Å². The minimum atomic E-state index is -4.29. The van der Waals surface area contributed by atoms with E-state index in [0.717, 1.165) is 38.3 Å². The van der Waals surface area contributed by atoms with Crippen molar-refractivity contribution in [2.45, 2.75) is 29.7 Å². The molecule has 0 spiro atoms. The SMILES string of the molecule is CC[C@@]1(c2ccccc2)C(=O)N(S(=O)(=O)c2ccc([N+](=O)[O-])cc2)[C@@H]1c1cccc2ccccc12. The zero-order chi connectivity index (χ0) is 24.8. The molecule has 176 valence electrons. The molecule has 2 atom stereocenters. The molecular formula is C27H22N2O5S. The number of sulfonamides is 1. The second-order valence-corrected chi connectivity index (χ2v) is 10.3. The fraction of sp³-hybridized carbons (Fsp3) is 0.148. The molecule has 0 aliphatic carbocycles. The number of nitrogens with zero attached hydrogens (tertiary/aromatic N) is 2. The van der Waals surface area contributed by atoms with E-state index in [2.05, 4.69) is 0 Å². The van der Waals surface area contributed by atoms with Crippen LogP contribution < -0.4 is 0 Å². The number of carbonyl (C=O) groups is 1. The summed E-state index contributed by atoms with van der Waals surface area (Å²) in [5, 5.41) is 12.9. The summed E-state index contributed by atoms with van der Waals surface area (Å²) in [6, 6.07) is 26.4. The lowest BCUT2D eigenvalue weighted by molar-refractivity contribution is -0.384. The fourth-order valence-electron chi connectivity index (χ4n) is 5.11. The first-order chi connectivity index (χ1) is 16.8. The Balaban J connectivity index is 1.73. The third-order valence-electron chi connectivity index (χ3n) is 6.85. The van der Waals surface area contributed by atoms with Crippen molar-refractivity contribution >= 4 is 32.4 Å². The van der Waals surface area contributed by atoms with Crippen molar-refractivity contribution in [2.24, 2.45) is 0 Å². The third-order valence-corrected chi connectivity index (χ3v) is 8.61. The molecular weight excluding hydrogens is 464 g/mol. The molecule has 7 nitrogen and oxygen atoms in total. The summed E-state index contributed by atoms with van der Waals surface area (Å²) in [6.07, 6.45) is 0.399. The Bertz CT molecular complexity index is 1550. The summed E-state index contributed by atoms with van der Waals surface area (Å²) >= 11 is 0. The van der Waals surface area contributed by atoms with Crippen LogP contribution >= 0.6 is 0 Å². The van der Waals surface area contributed by atoms with Crippen molar-refractivity contribution < 1.29 is 18.1 Å². The van der Waals surface area contributed by atoms with Gasteiger partial charge in [0.05, 0.1) is 15.9 Å². The number of amides is 1. The zero-order valence-electron chi connectivity index (χ0n) is 18.9. The number of hydrogen-bond acceptors (Lipinski definition) is 5. The minimum absolute atomic E-state index is 0.167. The Kier molecular flexibility index (Phi) is 5.40. The normalized spacial score (nSPS) is 20.0. The highest BCUT2D eigenvalue weighted by Gasteiger charge is 2.65. The van der Waals surface area contributed by atoms with Gasteiger partial charge in [-0.2, -0.15) is 0 Å². The van der Waals surface area contributed by atoms with Gasteiger partial charge in [0.1, 0.15) is 5.41 Å². The summed E-state index contributed by atoms with van der Waals surface area (Å²) in [5.74, 6) is -0.512. The number of carbonyl (C=O) groups excluding carboxylic acids is 1. The summed E-state index contributed by atoms with van der Waals surface area (Å²) in [5.41, 5.74) is 0.190. The summed E-state index contributed by atoms with van der Waals surface area (Å²) in [6.45, 7) is 1.89. The molecule has 1 aliphatic rings. The van der Waals surface area contributed by atoms with E-state index in [0.29, 0.717) is 6.42 Å². The molecule has 0 aromatic heterocycles. The van der Waals surface area contributed by atoms with Gasteiger partial charge in [-0.05, 0) is 40.5 Å². The van der Waals surface area contributed by atoms with Gasteiger partial charge in [0.15, 0.2) is 0 Å². The van der Waals surface area contributed by atoms with Gasteiger partial charge in [-0.15, -0.1) is 0 Å². The topological polar surface area (TPSA) is 97.6 Å². The minimum Gasteiger partial charge on any atom is -0.273 e. The van der Waals surface area contributed by atoms with Crippen LogP contribution in [0.5, 0.6) is 0 Å². The molecule has 4 aromatic rings. The highest BCUT2D eigenvalue weighted by Crippen LogP contribution is 2.57. The van der Waals surface area contributed by atoms with Crippen molar-refractivity contribution in [2.75, 3.05) is 0 Å². The zero-order valence-corrected chi connectivity index (χ0v) is 19.7. The molecule has 1 saturated heterocycles. The molecule has 5 rings (SSSR count). The second kappa shape index (κ2) is 8.32. The molecule has 1 fully saturated rings. The van der Waals surface area contributed by atoms with Gasteiger partial charge in [-0.1, -0.05) is 79.7 Å². The molecule has 0 N–H and O–H groups in total. The largest absolute Gasteiger partial charge is 0.273 e. The van der Waals surface area contributed by atoms with Gasteiger partial charge in [-0.25, -0.2) is 12.7 Å². The van der Waals surface area contributed by atoms with Gasteiger partial charge >= 0.3 is 0 Å². The second-order valence-electron chi connectivity index (χ2n) is 8.52. The molecule has 0 bridgehead atoms. The van der Waals surface area contributed by atoms with E-state index in [-0.39, 0.29) is 10.6 Å². The first kappa shape index (κ1) is 22.7. The van der Waals surface area contributed by atoms with Gasteiger partial charge < -0.3 is 0 Å². The number of fused-ring (bicyclic) bond motifs is 1. The van der Waals surface area contributed by atoms with Crippen molar-refractivity contribution in [1.29, 1.82) is 0 Å².